The number of nitrogens with one attached hydrogen (secondary N) is 1. The summed E-state index contributed by atoms with van der Waals surface area (Å²) in [6, 6.07) is 6.50. The van der Waals surface area contributed by atoms with Gasteiger partial charge in [-0.25, -0.2) is 18.4 Å². The largest absolute Gasteiger partial charge is 0.478 e. The van der Waals surface area contributed by atoms with E-state index in [1.807, 2.05) is 4.98 Å². The van der Waals surface area contributed by atoms with Crippen LogP contribution in [0.2, 0.25) is 0 Å². The minimum atomic E-state index is -2.57. The van der Waals surface area contributed by atoms with Crippen LogP contribution in [0.15, 0.2) is 46.1 Å². The van der Waals surface area contributed by atoms with Gasteiger partial charge in [-0.3, -0.25) is 14.3 Å². The van der Waals surface area contributed by atoms with Crippen LogP contribution in [0.3, 0.4) is 0 Å². The second-order valence-electron chi connectivity index (χ2n) is 6.38. The highest BCUT2D eigenvalue weighted by Gasteiger charge is 2.65. The van der Waals surface area contributed by atoms with E-state index in [1.165, 1.54) is 24.3 Å². The molecule has 10 heteroatoms. The van der Waals surface area contributed by atoms with E-state index in [1.54, 1.807) is 22.6 Å². The zero-order valence-corrected chi connectivity index (χ0v) is 16.1. The number of alkyl halides is 3. The van der Waals surface area contributed by atoms with E-state index in [0.717, 1.165) is 23.8 Å². The van der Waals surface area contributed by atoms with E-state index in [-0.39, 0.29) is 15.6 Å². The third-order valence-corrected chi connectivity index (χ3v) is 5.61. The van der Waals surface area contributed by atoms with Crippen molar-refractivity contribution < 1.29 is 23.4 Å². The molecule has 27 heavy (non-hydrogen) atoms. The fraction of sp³-hybridized carbons (Fsp3) is 0.353. The standard InChI is InChI=1S/C17H15F2IN2O5/c1-16(18)12(9-4-2-3-5-10(9)13(24)25)17(19,8-20)27-14(16)22-7-6-11(23)21-15(22)26/h2-7,12,14H,8H2,1H3,(H,24,25)(H,21,23,26)/t12-,14+,16+,17+/m0/s1. The van der Waals surface area contributed by atoms with Gasteiger partial charge in [0.05, 0.1) is 15.9 Å². The normalized spacial score (nSPS) is 30.4. The molecule has 0 radical (unpaired) electrons. The molecule has 2 heterocycles. The number of hydrogen-bond donors (Lipinski definition) is 2. The molecule has 0 spiro atoms. The maximum Gasteiger partial charge on any atom is 0.335 e. The molecule has 4 atom stereocenters. The molecule has 1 aromatic heterocycles. The number of aromatic amines is 1. The first-order chi connectivity index (χ1) is 12.6. The summed E-state index contributed by atoms with van der Waals surface area (Å²) in [6.45, 7) is 1.05. The Balaban J connectivity index is 2.21. The van der Waals surface area contributed by atoms with Crippen molar-refractivity contribution in [2.45, 2.75) is 30.6 Å². The van der Waals surface area contributed by atoms with Gasteiger partial charge in [-0.05, 0) is 18.6 Å². The molecular weight excluding hydrogens is 477 g/mol. The van der Waals surface area contributed by atoms with E-state index < -0.39 is 40.9 Å². The predicted molar refractivity (Wildman–Crippen MR) is 99.8 cm³/mol. The van der Waals surface area contributed by atoms with Crippen molar-refractivity contribution in [2.75, 3.05) is 4.43 Å². The Hall–Kier alpha value is -2.08. The van der Waals surface area contributed by atoms with Crippen LogP contribution < -0.4 is 11.2 Å². The zero-order chi connectivity index (χ0) is 20.0. The summed E-state index contributed by atoms with van der Waals surface area (Å²) in [6.07, 6.45) is -0.684. The lowest BCUT2D eigenvalue weighted by Crippen LogP contribution is -2.41. The van der Waals surface area contributed by atoms with Crippen molar-refractivity contribution >= 4 is 28.6 Å². The zero-order valence-electron chi connectivity index (χ0n) is 14.0. The fourth-order valence-electron chi connectivity index (χ4n) is 3.46. The molecule has 1 aromatic carbocycles. The number of carboxylic acid groups (broad SMARTS) is 1. The number of aromatic nitrogens is 2. The van der Waals surface area contributed by atoms with Crippen LogP contribution in [0.1, 0.15) is 35.0 Å². The van der Waals surface area contributed by atoms with Crippen LogP contribution >= 0.6 is 22.6 Å². The topological polar surface area (TPSA) is 101 Å². The Morgan fingerprint density at radius 2 is 2.00 bits per heavy atom. The lowest BCUT2D eigenvalue weighted by Gasteiger charge is -2.30. The first kappa shape index (κ1) is 19.7. The lowest BCUT2D eigenvalue weighted by molar-refractivity contribution is -0.150. The first-order valence-electron chi connectivity index (χ1n) is 7.87. The molecule has 0 saturated carbocycles. The molecule has 0 aliphatic carbocycles. The van der Waals surface area contributed by atoms with E-state index in [4.69, 9.17) is 4.74 Å². The van der Waals surface area contributed by atoms with Crippen LogP contribution in [0, 0.1) is 0 Å². The minimum absolute atomic E-state index is 0.0749. The highest BCUT2D eigenvalue weighted by molar-refractivity contribution is 14.1. The van der Waals surface area contributed by atoms with Gasteiger partial charge in [-0.2, -0.15) is 0 Å². The Kier molecular flexibility index (Phi) is 4.97. The van der Waals surface area contributed by atoms with Crippen LogP contribution in [-0.4, -0.2) is 36.6 Å². The average molecular weight is 492 g/mol. The molecule has 1 aliphatic rings. The monoisotopic (exact) mass is 492 g/mol. The molecule has 2 N–H and O–H groups in total. The minimum Gasteiger partial charge on any atom is -0.478 e. The molecule has 144 valence electrons. The van der Waals surface area contributed by atoms with Crippen molar-refractivity contribution in [3.8, 4) is 0 Å². The maximum atomic E-state index is 15.9. The number of halogens is 3. The molecular formula is C17H15F2IN2O5. The number of H-pyrrole nitrogens is 1. The van der Waals surface area contributed by atoms with Gasteiger partial charge in [-0.15, -0.1) is 0 Å². The molecule has 1 saturated heterocycles. The number of nitrogens with zero attached hydrogens (tertiary/aromatic N) is 1. The first-order valence-corrected chi connectivity index (χ1v) is 9.39. The average Bonchev–Trinajstić information content (AvgIpc) is 2.81. The van der Waals surface area contributed by atoms with Crippen LogP contribution in [0.25, 0.3) is 0 Å². The van der Waals surface area contributed by atoms with Gasteiger partial charge in [0.2, 0.25) is 5.85 Å². The van der Waals surface area contributed by atoms with Crippen LogP contribution in [-0.2, 0) is 4.74 Å². The van der Waals surface area contributed by atoms with Crippen molar-refractivity contribution in [3.05, 3.63) is 68.5 Å². The maximum absolute atomic E-state index is 15.9. The molecule has 3 rings (SSSR count). The second kappa shape index (κ2) is 6.82. The van der Waals surface area contributed by atoms with E-state index in [9.17, 15) is 19.5 Å². The number of benzene rings is 1. The van der Waals surface area contributed by atoms with E-state index >= 15 is 8.78 Å². The summed E-state index contributed by atoms with van der Waals surface area (Å²) in [4.78, 5) is 36.9. The quantitative estimate of drug-likeness (QED) is 0.505. The highest BCUT2D eigenvalue weighted by Crippen LogP contribution is 2.57. The molecule has 1 aliphatic heterocycles. The molecule has 1 fully saturated rings. The Bertz CT molecular complexity index is 1010. The summed E-state index contributed by atoms with van der Waals surface area (Å²) in [5.41, 5.74) is -4.47. The number of ether oxygens (including phenoxy) is 1. The SMILES string of the molecule is C[C@]1(F)[C@H](n2ccc(=O)[nH]c2=O)O[C@](F)(CI)[C@H]1c1ccccc1C(=O)O. The fourth-order valence-corrected chi connectivity index (χ4v) is 4.08. The molecule has 0 unspecified atom stereocenters. The molecule has 0 amide bonds. The van der Waals surface area contributed by atoms with Crippen molar-refractivity contribution in [3.63, 3.8) is 0 Å². The van der Waals surface area contributed by atoms with E-state index in [2.05, 4.69) is 0 Å². The number of rotatable bonds is 4. The van der Waals surface area contributed by atoms with Crippen molar-refractivity contribution in [2.24, 2.45) is 0 Å². The Morgan fingerprint density at radius 1 is 1.33 bits per heavy atom. The molecule has 7 nitrogen and oxygen atoms in total. The third kappa shape index (κ3) is 3.20. The number of aromatic carboxylic acids is 1. The van der Waals surface area contributed by atoms with Gasteiger partial charge in [-0.1, -0.05) is 40.8 Å². The van der Waals surface area contributed by atoms with Crippen LogP contribution in [0.5, 0.6) is 0 Å². The predicted octanol–water partition coefficient (Wildman–Crippen LogP) is 2.38. The van der Waals surface area contributed by atoms with Crippen LogP contribution in [0.4, 0.5) is 8.78 Å². The summed E-state index contributed by atoms with van der Waals surface area (Å²) in [5, 5.41) is 9.41. The molecule has 2 aromatic rings. The summed E-state index contributed by atoms with van der Waals surface area (Å²) < 4.78 is 37.3. The van der Waals surface area contributed by atoms with Gasteiger partial charge < -0.3 is 9.84 Å². The van der Waals surface area contributed by atoms with Gasteiger partial charge in [0.1, 0.15) is 0 Å². The summed E-state index contributed by atoms with van der Waals surface area (Å²) in [5.74, 6) is -5.52. The smallest absolute Gasteiger partial charge is 0.335 e. The van der Waals surface area contributed by atoms with E-state index in [0.29, 0.717) is 0 Å². The van der Waals surface area contributed by atoms with Gasteiger partial charge in [0.15, 0.2) is 11.9 Å². The van der Waals surface area contributed by atoms with Gasteiger partial charge in [0.25, 0.3) is 5.56 Å². The number of hydrogen-bond acceptors (Lipinski definition) is 4. The highest BCUT2D eigenvalue weighted by atomic mass is 127. The Morgan fingerprint density at radius 3 is 2.59 bits per heavy atom. The van der Waals surface area contributed by atoms with Gasteiger partial charge >= 0.3 is 11.7 Å². The lowest BCUT2D eigenvalue weighted by atomic mass is 9.79. The Labute approximate surface area is 165 Å². The third-order valence-electron chi connectivity index (χ3n) is 4.57. The van der Waals surface area contributed by atoms with Gasteiger partial charge in [0, 0.05) is 12.3 Å². The van der Waals surface area contributed by atoms with Crippen molar-refractivity contribution in [1.29, 1.82) is 0 Å². The summed E-state index contributed by atoms with van der Waals surface area (Å²) >= 11 is 1.68. The van der Waals surface area contributed by atoms with Crippen molar-refractivity contribution in [1.82, 2.24) is 9.55 Å². The number of carbonyl (C=O) groups is 1. The summed E-state index contributed by atoms with van der Waals surface area (Å²) in [7, 11) is 0. The molecule has 0 bridgehead atoms. The number of carboxylic acids is 1. The second-order valence-corrected chi connectivity index (χ2v) is 7.15.